The summed E-state index contributed by atoms with van der Waals surface area (Å²) < 4.78 is 24.4. The third kappa shape index (κ3) is 1.65. The molecule has 1 aliphatic heterocycles. The van der Waals surface area contributed by atoms with E-state index in [0.29, 0.717) is 12.5 Å². The van der Waals surface area contributed by atoms with E-state index in [-0.39, 0.29) is 12.0 Å². The van der Waals surface area contributed by atoms with Crippen LogP contribution >= 0.6 is 0 Å². The quantitative estimate of drug-likeness (QED) is 0.751. The molecule has 2 atom stereocenters. The molecule has 2 aliphatic rings. The summed E-state index contributed by atoms with van der Waals surface area (Å²) in [5.74, 6) is 0.575. The van der Waals surface area contributed by atoms with E-state index in [1.165, 1.54) is 12.8 Å². The van der Waals surface area contributed by atoms with E-state index in [4.69, 9.17) is 5.73 Å². The second-order valence-electron chi connectivity index (χ2n) is 4.74. The molecule has 0 bridgehead atoms. The van der Waals surface area contributed by atoms with Crippen LogP contribution in [0, 0.1) is 11.3 Å². The maximum atomic E-state index is 12.2. The molecule has 4 heteroatoms. The average molecular weight is 204 g/mol. The molecule has 1 saturated carbocycles. The summed E-state index contributed by atoms with van der Waals surface area (Å²) in [7, 11) is 0. The van der Waals surface area contributed by atoms with Gasteiger partial charge in [0.15, 0.2) is 0 Å². The number of hydrogen-bond acceptors (Lipinski definition) is 2. The zero-order chi connectivity index (χ0) is 10.2. The van der Waals surface area contributed by atoms with Crippen molar-refractivity contribution in [3.8, 4) is 0 Å². The molecule has 0 aromatic heterocycles. The van der Waals surface area contributed by atoms with E-state index >= 15 is 0 Å². The molecule has 0 spiro atoms. The van der Waals surface area contributed by atoms with Crippen LogP contribution in [0.2, 0.25) is 0 Å². The number of rotatable bonds is 3. The highest BCUT2D eigenvalue weighted by Gasteiger charge is 2.48. The second kappa shape index (κ2) is 3.74. The van der Waals surface area contributed by atoms with Crippen molar-refractivity contribution in [1.29, 1.82) is 0 Å². The van der Waals surface area contributed by atoms with Gasteiger partial charge in [-0.2, -0.15) is 0 Å². The first-order chi connectivity index (χ1) is 6.66. The first-order valence-corrected chi connectivity index (χ1v) is 5.37. The van der Waals surface area contributed by atoms with E-state index in [9.17, 15) is 8.78 Å². The molecule has 1 heterocycles. The lowest BCUT2D eigenvalue weighted by molar-refractivity contribution is 0.0926. The molecule has 82 valence electrons. The standard InChI is InChI=1S/C10H18F2N2/c11-9(12)5-14-4-8-2-1-3-10(8,6-13)7-14/h8-9H,1-7,13H2/t8-,10-/m0/s1. The van der Waals surface area contributed by atoms with Crippen molar-refractivity contribution >= 4 is 0 Å². The van der Waals surface area contributed by atoms with Gasteiger partial charge in [-0.3, -0.25) is 4.90 Å². The summed E-state index contributed by atoms with van der Waals surface area (Å²) in [6.45, 7) is 2.22. The van der Waals surface area contributed by atoms with E-state index < -0.39 is 6.43 Å². The lowest BCUT2D eigenvalue weighted by Gasteiger charge is -2.26. The predicted octanol–water partition coefficient (Wildman–Crippen LogP) is 1.31. The van der Waals surface area contributed by atoms with Crippen LogP contribution in [0.4, 0.5) is 8.78 Å². The molecule has 2 N–H and O–H groups in total. The van der Waals surface area contributed by atoms with Crippen molar-refractivity contribution < 1.29 is 8.78 Å². The lowest BCUT2D eigenvalue weighted by atomic mass is 9.81. The van der Waals surface area contributed by atoms with Crippen LogP contribution in [0.1, 0.15) is 19.3 Å². The highest BCUT2D eigenvalue weighted by atomic mass is 19.3. The summed E-state index contributed by atoms with van der Waals surface area (Å²) in [5, 5.41) is 0. The maximum absolute atomic E-state index is 12.2. The molecule has 14 heavy (non-hydrogen) atoms. The molecule has 2 nitrogen and oxygen atoms in total. The number of nitrogens with zero attached hydrogens (tertiary/aromatic N) is 1. The SMILES string of the molecule is NC[C@]12CCC[C@H]1CN(CC(F)F)C2. The molecule has 2 rings (SSSR count). The highest BCUT2D eigenvalue weighted by molar-refractivity contribution is 5.01. The Bertz CT molecular complexity index is 210. The smallest absolute Gasteiger partial charge is 0.251 e. The first-order valence-electron chi connectivity index (χ1n) is 5.37. The Balaban J connectivity index is 1.98. The van der Waals surface area contributed by atoms with Crippen molar-refractivity contribution in [3.63, 3.8) is 0 Å². The van der Waals surface area contributed by atoms with Gasteiger partial charge in [-0.05, 0) is 30.7 Å². The fourth-order valence-corrected chi connectivity index (χ4v) is 3.19. The Labute approximate surface area is 83.4 Å². The summed E-state index contributed by atoms with van der Waals surface area (Å²) in [6.07, 6.45) is 1.33. The number of alkyl halides is 2. The fourth-order valence-electron chi connectivity index (χ4n) is 3.19. The van der Waals surface area contributed by atoms with Crippen LogP contribution in [0.15, 0.2) is 0 Å². The third-order valence-electron chi connectivity index (χ3n) is 3.91. The van der Waals surface area contributed by atoms with Gasteiger partial charge >= 0.3 is 0 Å². The first kappa shape index (κ1) is 10.3. The number of halogens is 2. The van der Waals surface area contributed by atoms with Gasteiger partial charge in [0.1, 0.15) is 0 Å². The van der Waals surface area contributed by atoms with Crippen molar-refractivity contribution in [2.75, 3.05) is 26.2 Å². The number of hydrogen-bond donors (Lipinski definition) is 1. The van der Waals surface area contributed by atoms with Crippen molar-refractivity contribution in [2.24, 2.45) is 17.1 Å². The predicted molar refractivity (Wildman–Crippen MR) is 51.3 cm³/mol. The van der Waals surface area contributed by atoms with Gasteiger partial charge in [0, 0.05) is 13.1 Å². The number of fused-ring (bicyclic) bond motifs is 1. The Morgan fingerprint density at radius 2 is 2.29 bits per heavy atom. The summed E-state index contributed by atoms with van der Waals surface area (Å²) in [4.78, 5) is 1.89. The molecule has 2 fully saturated rings. The van der Waals surface area contributed by atoms with E-state index in [2.05, 4.69) is 0 Å². The summed E-state index contributed by atoms with van der Waals surface area (Å²) in [6, 6.07) is 0. The van der Waals surface area contributed by atoms with Crippen molar-refractivity contribution in [3.05, 3.63) is 0 Å². The molecular formula is C10H18F2N2. The minimum Gasteiger partial charge on any atom is -0.330 e. The maximum Gasteiger partial charge on any atom is 0.251 e. The summed E-state index contributed by atoms with van der Waals surface area (Å²) >= 11 is 0. The average Bonchev–Trinajstić information content (AvgIpc) is 2.59. The molecule has 1 aliphatic carbocycles. The lowest BCUT2D eigenvalue weighted by Crippen LogP contribution is -2.36. The van der Waals surface area contributed by atoms with Gasteiger partial charge in [0.2, 0.25) is 0 Å². The van der Waals surface area contributed by atoms with Gasteiger partial charge in [0.05, 0.1) is 6.54 Å². The molecule has 0 amide bonds. The van der Waals surface area contributed by atoms with Gasteiger partial charge in [0.25, 0.3) is 6.43 Å². The van der Waals surface area contributed by atoms with Crippen LogP contribution < -0.4 is 5.73 Å². The molecule has 0 radical (unpaired) electrons. The largest absolute Gasteiger partial charge is 0.330 e. The van der Waals surface area contributed by atoms with Crippen molar-refractivity contribution in [1.82, 2.24) is 4.90 Å². The van der Waals surface area contributed by atoms with Gasteiger partial charge in [-0.25, -0.2) is 8.78 Å². The van der Waals surface area contributed by atoms with Crippen LogP contribution in [0.3, 0.4) is 0 Å². The Morgan fingerprint density at radius 3 is 2.86 bits per heavy atom. The minimum absolute atomic E-state index is 0.0712. The number of likely N-dealkylation sites (tertiary alicyclic amines) is 1. The van der Waals surface area contributed by atoms with Crippen LogP contribution in [0.5, 0.6) is 0 Å². The van der Waals surface area contributed by atoms with Crippen molar-refractivity contribution in [2.45, 2.75) is 25.7 Å². The third-order valence-corrected chi connectivity index (χ3v) is 3.91. The van der Waals surface area contributed by atoms with Gasteiger partial charge in [-0.15, -0.1) is 0 Å². The van der Waals surface area contributed by atoms with Crippen LogP contribution in [-0.4, -0.2) is 37.5 Å². The Hall–Kier alpha value is -0.220. The molecular weight excluding hydrogens is 186 g/mol. The van der Waals surface area contributed by atoms with Crippen LogP contribution in [-0.2, 0) is 0 Å². The molecule has 0 aromatic carbocycles. The van der Waals surface area contributed by atoms with Gasteiger partial charge in [-0.1, -0.05) is 6.42 Å². The van der Waals surface area contributed by atoms with E-state index in [1.807, 2.05) is 4.90 Å². The topological polar surface area (TPSA) is 29.3 Å². The van der Waals surface area contributed by atoms with Crippen LogP contribution in [0.25, 0.3) is 0 Å². The molecule has 0 unspecified atom stereocenters. The fraction of sp³-hybridized carbons (Fsp3) is 1.00. The highest BCUT2D eigenvalue weighted by Crippen LogP contribution is 2.47. The van der Waals surface area contributed by atoms with E-state index in [1.54, 1.807) is 0 Å². The van der Waals surface area contributed by atoms with Gasteiger partial charge < -0.3 is 5.73 Å². The second-order valence-corrected chi connectivity index (χ2v) is 4.74. The van der Waals surface area contributed by atoms with E-state index in [0.717, 1.165) is 19.5 Å². The number of nitrogens with two attached hydrogens (primary N) is 1. The normalized spacial score (nSPS) is 38.1. The molecule has 1 saturated heterocycles. The monoisotopic (exact) mass is 204 g/mol. The Kier molecular flexibility index (Phi) is 2.75. The summed E-state index contributed by atoms with van der Waals surface area (Å²) in [5.41, 5.74) is 5.96. The minimum atomic E-state index is -2.20. The Morgan fingerprint density at radius 1 is 1.50 bits per heavy atom. The zero-order valence-electron chi connectivity index (χ0n) is 8.38. The zero-order valence-corrected chi connectivity index (χ0v) is 8.38. The molecule has 0 aromatic rings.